The molecule has 0 spiro atoms. The Morgan fingerprint density at radius 1 is 1.45 bits per heavy atom. The second-order valence-electron chi connectivity index (χ2n) is 6.41. The molecule has 1 aromatic carbocycles. The quantitative estimate of drug-likeness (QED) is 0.834. The Hall–Kier alpha value is -1.26. The van der Waals surface area contributed by atoms with Crippen molar-refractivity contribution in [1.29, 1.82) is 0 Å². The molecule has 0 saturated heterocycles. The van der Waals surface area contributed by atoms with E-state index in [2.05, 4.69) is 25.2 Å². The zero-order valence-electron chi connectivity index (χ0n) is 12.2. The lowest BCUT2D eigenvalue weighted by Gasteiger charge is -2.20. The highest BCUT2D eigenvalue weighted by Crippen LogP contribution is 2.41. The van der Waals surface area contributed by atoms with Gasteiger partial charge < -0.3 is 19.9 Å². The molecule has 1 heterocycles. The molecule has 1 aliphatic heterocycles. The minimum atomic E-state index is -0.162. The van der Waals surface area contributed by atoms with E-state index in [0.717, 1.165) is 17.9 Å². The third-order valence-corrected chi connectivity index (χ3v) is 3.76. The van der Waals surface area contributed by atoms with Crippen molar-refractivity contribution in [2.45, 2.75) is 50.8 Å². The number of aliphatic hydroxyl groups excluding tert-OH is 1. The maximum atomic E-state index is 9.38. The molecule has 4 nitrogen and oxygen atoms in total. The predicted molar refractivity (Wildman–Crippen MR) is 77.4 cm³/mol. The fourth-order valence-electron chi connectivity index (χ4n) is 2.63. The van der Waals surface area contributed by atoms with Crippen molar-refractivity contribution in [2.24, 2.45) is 0 Å². The summed E-state index contributed by atoms with van der Waals surface area (Å²) >= 11 is 0. The molecule has 0 aromatic heterocycles. The van der Waals surface area contributed by atoms with Crippen molar-refractivity contribution in [2.75, 3.05) is 13.2 Å². The van der Waals surface area contributed by atoms with Gasteiger partial charge in [0.15, 0.2) is 11.5 Å². The molecule has 110 valence electrons. The van der Waals surface area contributed by atoms with E-state index in [9.17, 15) is 5.11 Å². The van der Waals surface area contributed by atoms with Crippen LogP contribution in [0.1, 0.15) is 32.3 Å². The summed E-state index contributed by atoms with van der Waals surface area (Å²) in [7, 11) is 0. The molecule has 0 radical (unpaired) electrons. The van der Waals surface area contributed by atoms with Gasteiger partial charge in [-0.1, -0.05) is 12.1 Å². The summed E-state index contributed by atoms with van der Waals surface area (Å²) in [5.41, 5.74) is 1.04. The normalized spacial score (nSPS) is 21.1. The van der Waals surface area contributed by atoms with E-state index in [1.54, 1.807) is 0 Å². The summed E-state index contributed by atoms with van der Waals surface area (Å²) in [5.74, 6) is 1.64. The average molecular weight is 277 g/mol. The number of rotatable bonds is 6. The van der Waals surface area contributed by atoms with Gasteiger partial charge in [0.2, 0.25) is 0 Å². The number of hydrogen-bond donors (Lipinski definition) is 2. The standard InChI is InChI=1S/C16H23NO3/c1-16(2)8-11-4-3-5-14(15(11)20-16)19-10-13(9-18)17-12-6-7-12/h3-5,12-13,17-18H,6-10H2,1-2H3. The third kappa shape index (κ3) is 3.07. The van der Waals surface area contributed by atoms with Gasteiger partial charge in [0.05, 0.1) is 12.6 Å². The van der Waals surface area contributed by atoms with E-state index in [4.69, 9.17) is 9.47 Å². The Balaban J connectivity index is 1.64. The minimum absolute atomic E-state index is 0.00670. The predicted octanol–water partition coefficient (Wildman–Crippen LogP) is 1.89. The first-order valence-corrected chi connectivity index (χ1v) is 7.38. The number of para-hydroxylation sites is 1. The summed E-state index contributed by atoms with van der Waals surface area (Å²) in [6, 6.07) is 6.58. The fraction of sp³-hybridized carbons (Fsp3) is 0.625. The van der Waals surface area contributed by atoms with Crippen LogP contribution in [-0.4, -0.2) is 36.0 Å². The number of hydrogen-bond acceptors (Lipinski definition) is 4. The number of benzene rings is 1. The Kier molecular flexibility index (Phi) is 3.61. The van der Waals surface area contributed by atoms with Crippen LogP contribution in [0.15, 0.2) is 18.2 Å². The number of aliphatic hydroxyl groups is 1. The summed E-state index contributed by atoms with van der Waals surface area (Å²) in [6.07, 6.45) is 3.31. The SMILES string of the molecule is CC1(C)Cc2cccc(OCC(CO)NC3CC3)c2O1. The Morgan fingerprint density at radius 2 is 2.25 bits per heavy atom. The lowest BCUT2D eigenvalue weighted by atomic mass is 10.0. The van der Waals surface area contributed by atoms with Gasteiger partial charge in [0.25, 0.3) is 0 Å². The Morgan fingerprint density at radius 3 is 2.95 bits per heavy atom. The van der Waals surface area contributed by atoms with E-state index in [-0.39, 0.29) is 18.2 Å². The molecule has 1 aromatic rings. The first-order valence-electron chi connectivity index (χ1n) is 7.38. The molecule has 1 fully saturated rings. The van der Waals surface area contributed by atoms with Gasteiger partial charge in [-0.15, -0.1) is 0 Å². The van der Waals surface area contributed by atoms with Crippen LogP contribution in [0.25, 0.3) is 0 Å². The molecule has 1 saturated carbocycles. The lowest BCUT2D eigenvalue weighted by Crippen LogP contribution is -2.39. The first-order chi connectivity index (χ1) is 9.57. The monoisotopic (exact) mass is 277 g/mol. The second kappa shape index (κ2) is 5.26. The zero-order valence-corrected chi connectivity index (χ0v) is 12.2. The second-order valence-corrected chi connectivity index (χ2v) is 6.41. The lowest BCUT2D eigenvalue weighted by molar-refractivity contribution is 0.128. The molecular formula is C16H23NO3. The van der Waals surface area contributed by atoms with Gasteiger partial charge in [0, 0.05) is 18.0 Å². The molecule has 1 unspecified atom stereocenters. The highest BCUT2D eigenvalue weighted by molar-refractivity contribution is 5.50. The largest absolute Gasteiger partial charge is 0.488 e. The number of nitrogens with one attached hydrogen (secondary N) is 1. The van der Waals surface area contributed by atoms with Crippen LogP contribution < -0.4 is 14.8 Å². The van der Waals surface area contributed by atoms with E-state index in [1.165, 1.54) is 18.4 Å². The van der Waals surface area contributed by atoms with Gasteiger partial charge in [-0.2, -0.15) is 0 Å². The molecule has 1 aliphatic carbocycles. The van der Waals surface area contributed by atoms with Crippen LogP contribution in [0.3, 0.4) is 0 Å². The number of fused-ring (bicyclic) bond motifs is 1. The zero-order chi connectivity index (χ0) is 14.2. The molecule has 4 heteroatoms. The van der Waals surface area contributed by atoms with E-state index in [0.29, 0.717) is 12.6 Å². The molecule has 2 N–H and O–H groups in total. The van der Waals surface area contributed by atoms with Crippen molar-refractivity contribution in [3.8, 4) is 11.5 Å². The van der Waals surface area contributed by atoms with Gasteiger partial charge in [-0.05, 0) is 32.8 Å². The highest BCUT2D eigenvalue weighted by Gasteiger charge is 2.32. The van der Waals surface area contributed by atoms with Crippen LogP contribution in [0.2, 0.25) is 0 Å². The maximum Gasteiger partial charge on any atom is 0.165 e. The molecule has 20 heavy (non-hydrogen) atoms. The van der Waals surface area contributed by atoms with Crippen LogP contribution in [0, 0.1) is 0 Å². The Bertz CT molecular complexity index is 483. The van der Waals surface area contributed by atoms with Crippen molar-refractivity contribution in [3.63, 3.8) is 0 Å². The summed E-state index contributed by atoms with van der Waals surface area (Å²) < 4.78 is 11.9. The van der Waals surface area contributed by atoms with Crippen molar-refractivity contribution < 1.29 is 14.6 Å². The van der Waals surface area contributed by atoms with Gasteiger partial charge in [-0.25, -0.2) is 0 Å². The smallest absolute Gasteiger partial charge is 0.165 e. The molecule has 3 rings (SSSR count). The van der Waals surface area contributed by atoms with Crippen molar-refractivity contribution in [1.82, 2.24) is 5.32 Å². The molecular weight excluding hydrogens is 254 g/mol. The van der Waals surface area contributed by atoms with Crippen molar-refractivity contribution >= 4 is 0 Å². The molecule has 0 amide bonds. The van der Waals surface area contributed by atoms with E-state index >= 15 is 0 Å². The van der Waals surface area contributed by atoms with Crippen LogP contribution >= 0.6 is 0 Å². The minimum Gasteiger partial charge on any atom is -0.488 e. The van der Waals surface area contributed by atoms with Gasteiger partial charge in [0.1, 0.15) is 12.2 Å². The van der Waals surface area contributed by atoms with Crippen LogP contribution in [0.4, 0.5) is 0 Å². The first kappa shape index (κ1) is 13.7. The molecule has 1 atom stereocenters. The Labute approximate surface area is 120 Å². The average Bonchev–Trinajstić information content (AvgIpc) is 3.15. The summed E-state index contributed by atoms with van der Waals surface area (Å²) in [4.78, 5) is 0. The third-order valence-electron chi connectivity index (χ3n) is 3.76. The van der Waals surface area contributed by atoms with Gasteiger partial charge >= 0.3 is 0 Å². The van der Waals surface area contributed by atoms with E-state index in [1.807, 2.05) is 12.1 Å². The summed E-state index contributed by atoms with van der Waals surface area (Å²) in [6.45, 7) is 4.73. The van der Waals surface area contributed by atoms with Crippen molar-refractivity contribution in [3.05, 3.63) is 23.8 Å². The summed E-state index contributed by atoms with van der Waals surface area (Å²) in [5, 5.41) is 12.8. The topological polar surface area (TPSA) is 50.7 Å². The molecule has 2 aliphatic rings. The molecule has 0 bridgehead atoms. The maximum absolute atomic E-state index is 9.38. The van der Waals surface area contributed by atoms with E-state index < -0.39 is 0 Å². The van der Waals surface area contributed by atoms with Crippen LogP contribution in [0.5, 0.6) is 11.5 Å². The van der Waals surface area contributed by atoms with Gasteiger partial charge in [-0.3, -0.25) is 0 Å². The number of ether oxygens (including phenoxy) is 2. The fourth-order valence-corrected chi connectivity index (χ4v) is 2.63. The van der Waals surface area contributed by atoms with Crippen LogP contribution in [-0.2, 0) is 6.42 Å². The highest BCUT2D eigenvalue weighted by atomic mass is 16.5.